The van der Waals surface area contributed by atoms with Gasteiger partial charge in [0.05, 0.1) is 6.10 Å². The highest BCUT2D eigenvalue weighted by atomic mass is 16.3. The molecule has 0 amide bonds. The largest absolute Gasteiger partial charge is 0.391 e. The molecule has 18 heavy (non-hydrogen) atoms. The van der Waals surface area contributed by atoms with Gasteiger partial charge in [0, 0.05) is 25.0 Å². The number of nitrogens with zero attached hydrogens (tertiary/aromatic N) is 1. The summed E-state index contributed by atoms with van der Waals surface area (Å²) in [5, 5.41) is 13.6. The second-order valence-electron chi connectivity index (χ2n) is 6.56. The topological polar surface area (TPSA) is 37.2 Å². The van der Waals surface area contributed by atoms with E-state index in [2.05, 4.69) is 50.6 Å². The molecular formula is C15H28N2O. The Morgan fingerprint density at radius 3 is 2.56 bits per heavy atom. The van der Waals surface area contributed by atoms with Crippen molar-refractivity contribution in [3.05, 3.63) is 24.0 Å². The van der Waals surface area contributed by atoms with Crippen molar-refractivity contribution in [2.75, 3.05) is 6.54 Å². The third-order valence-electron chi connectivity index (χ3n) is 3.15. The fourth-order valence-corrected chi connectivity index (χ4v) is 1.74. The minimum atomic E-state index is -0.325. The Kier molecular flexibility index (Phi) is 5.42. The molecule has 0 aliphatic carbocycles. The molecule has 0 aliphatic heterocycles. The summed E-state index contributed by atoms with van der Waals surface area (Å²) in [7, 11) is 0. The number of hydrogen-bond donors (Lipinski definition) is 2. The Labute approximate surface area is 111 Å². The van der Waals surface area contributed by atoms with Crippen LogP contribution in [0.15, 0.2) is 18.3 Å². The van der Waals surface area contributed by atoms with Crippen LogP contribution in [0.5, 0.6) is 0 Å². The standard InChI is InChI=1S/C15H28N2O/c1-12(2)9-16-10-13-7-6-8-17(13)11-14(18)15(3,4)5/h6-8,12,14,16,18H,9-11H2,1-5H3. The first kappa shape index (κ1) is 15.3. The van der Waals surface area contributed by atoms with E-state index >= 15 is 0 Å². The predicted octanol–water partition coefficient (Wildman–Crippen LogP) is 2.64. The fourth-order valence-electron chi connectivity index (χ4n) is 1.74. The van der Waals surface area contributed by atoms with Crippen molar-refractivity contribution in [2.45, 2.75) is 53.8 Å². The molecule has 0 bridgehead atoms. The maximum atomic E-state index is 10.2. The fraction of sp³-hybridized carbons (Fsp3) is 0.733. The van der Waals surface area contributed by atoms with Crippen molar-refractivity contribution < 1.29 is 5.11 Å². The Balaban J connectivity index is 2.54. The number of aliphatic hydroxyl groups excluding tert-OH is 1. The van der Waals surface area contributed by atoms with Gasteiger partial charge in [-0.1, -0.05) is 34.6 Å². The molecule has 0 saturated carbocycles. The van der Waals surface area contributed by atoms with Crippen molar-refractivity contribution in [2.24, 2.45) is 11.3 Å². The normalized spacial score (nSPS) is 14.2. The molecule has 0 spiro atoms. The number of nitrogens with one attached hydrogen (secondary N) is 1. The first-order chi connectivity index (χ1) is 8.30. The summed E-state index contributed by atoms with van der Waals surface area (Å²) in [6.45, 7) is 13.2. The summed E-state index contributed by atoms with van der Waals surface area (Å²) < 4.78 is 2.14. The second kappa shape index (κ2) is 6.39. The zero-order chi connectivity index (χ0) is 13.8. The molecule has 1 aromatic heterocycles. The molecule has 0 aliphatic rings. The molecule has 0 saturated heterocycles. The van der Waals surface area contributed by atoms with Gasteiger partial charge in [-0.3, -0.25) is 0 Å². The van der Waals surface area contributed by atoms with Crippen molar-refractivity contribution in [1.82, 2.24) is 9.88 Å². The summed E-state index contributed by atoms with van der Waals surface area (Å²) in [5.74, 6) is 0.661. The van der Waals surface area contributed by atoms with Crippen LogP contribution in [0.25, 0.3) is 0 Å². The van der Waals surface area contributed by atoms with E-state index in [0.717, 1.165) is 13.1 Å². The lowest BCUT2D eigenvalue weighted by atomic mass is 9.89. The molecule has 104 valence electrons. The van der Waals surface area contributed by atoms with Gasteiger partial charge in [0.15, 0.2) is 0 Å². The molecule has 1 rings (SSSR count). The van der Waals surface area contributed by atoms with Crippen molar-refractivity contribution in [3.8, 4) is 0 Å². The average Bonchev–Trinajstić information content (AvgIpc) is 2.64. The molecule has 1 unspecified atom stereocenters. The number of aliphatic hydroxyl groups is 1. The second-order valence-corrected chi connectivity index (χ2v) is 6.56. The maximum Gasteiger partial charge on any atom is 0.0767 e. The lowest BCUT2D eigenvalue weighted by Crippen LogP contribution is -2.31. The number of rotatable bonds is 6. The maximum absolute atomic E-state index is 10.2. The molecule has 3 heteroatoms. The van der Waals surface area contributed by atoms with Crippen LogP contribution >= 0.6 is 0 Å². The van der Waals surface area contributed by atoms with Gasteiger partial charge in [-0.25, -0.2) is 0 Å². The molecule has 1 aromatic rings. The predicted molar refractivity (Wildman–Crippen MR) is 76.4 cm³/mol. The Morgan fingerprint density at radius 2 is 2.00 bits per heavy atom. The Bertz CT molecular complexity index is 350. The number of hydrogen-bond acceptors (Lipinski definition) is 2. The summed E-state index contributed by atoms with van der Waals surface area (Å²) in [4.78, 5) is 0. The van der Waals surface area contributed by atoms with E-state index in [9.17, 15) is 5.11 Å². The lowest BCUT2D eigenvalue weighted by Gasteiger charge is -2.27. The summed E-state index contributed by atoms with van der Waals surface area (Å²) in [5.41, 5.74) is 1.16. The van der Waals surface area contributed by atoms with Crippen LogP contribution in [-0.2, 0) is 13.1 Å². The lowest BCUT2D eigenvalue weighted by molar-refractivity contribution is 0.0475. The monoisotopic (exact) mass is 252 g/mol. The van der Waals surface area contributed by atoms with Gasteiger partial charge in [-0.15, -0.1) is 0 Å². The van der Waals surface area contributed by atoms with Crippen LogP contribution in [-0.4, -0.2) is 22.3 Å². The van der Waals surface area contributed by atoms with E-state index in [1.54, 1.807) is 0 Å². The highest BCUT2D eigenvalue weighted by molar-refractivity contribution is 5.07. The van der Waals surface area contributed by atoms with Gasteiger partial charge in [-0.2, -0.15) is 0 Å². The first-order valence-electron chi connectivity index (χ1n) is 6.83. The van der Waals surface area contributed by atoms with Crippen LogP contribution in [0.2, 0.25) is 0 Å². The molecule has 2 N–H and O–H groups in total. The van der Waals surface area contributed by atoms with Gasteiger partial charge in [0.25, 0.3) is 0 Å². The SMILES string of the molecule is CC(C)CNCc1cccn1CC(O)C(C)(C)C. The molecule has 1 heterocycles. The summed E-state index contributed by atoms with van der Waals surface area (Å²) in [6.07, 6.45) is 1.72. The van der Waals surface area contributed by atoms with Crippen molar-refractivity contribution in [1.29, 1.82) is 0 Å². The van der Waals surface area contributed by atoms with Crippen molar-refractivity contribution >= 4 is 0 Å². The smallest absolute Gasteiger partial charge is 0.0767 e. The zero-order valence-corrected chi connectivity index (χ0v) is 12.4. The summed E-state index contributed by atoms with van der Waals surface area (Å²) in [6, 6.07) is 4.16. The van der Waals surface area contributed by atoms with Crippen LogP contribution in [0.3, 0.4) is 0 Å². The minimum absolute atomic E-state index is 0.0765. The molecule has 3 nitrogen and oxygen atoms in total. The molecule has 0 fully saturated rings. The van der Waals surface area contributed by atoms with Gasteiger partial charge in [-0.05, 0) is 30.0 Å². The highest BCUT2D eigenvalue weighted by Gasteiger charge is 2.22. The molecular weight excluding hydrogens is 224 g/mol. The van der Waals surface area contributed by atoms with E-state index in [1.807, 2.05) is 12.3 Å². The van der Waals surface area contributed by atoms with Crippen LogP contribution in [0.4, 0.5) is 0 Å². The van der Waals surface area contributed by atoms with Gasteiger partial charge >= 0.3 is 0 Å². The zero-order valence-electron chi connectivity index (χ0n) is 12.4. The van der Waals surface area contributed by atoms with Crippen LogP contribution < -0.4 is 5.32 Å². The molecule has 0 radical (unpaired) electrons. The van der Waals surface area contributed by atoms with E-state index in [-0.39, 0.29) is 11.5 Å². The Morgan fingerprint density at radius 1 is 1.33 bits per heavy atom. The van der Waals surface area contributed by atoms with E-state index < -0.39 is 0 Å². The minimum Gasteiger partial charge on any atom is -0.391 e. The number of aromatic nitrogens is 1. The van der Waals surface area contributed by atoms with Crippen LogP contribution in [0.1, 0.15) is 40.3 Å². The van der Waals surface area contributed by atoms with Gasteiger partial charge < -0.3 is 15.0 Å². The van der Waals surface area contributed by atoms with Gasteiger partial charge in [0.2, 0.25) is 0 Å². The Hall–Kier alpha value is -0.800. The quantitative estimate of drug-likeness (QED) is 0.816. The summed E-state index contributed by atoms with van der Waals surface area (Å²) >= 11 is 0. The highest BCUT2D eigenvalue weighted by Crippen LogP contribution is 2.21. The van der Waals surface area contributed by atoms with Gasteiger partial charge in [0.1, 0.15) is 0 Å². The van der Waals surface area contributed by atoms with E-state index in [0.29, 0.717) is 12.5 Å². The third-order valence-corrected chi connectivity index (χ3v) is 3.15. The van der Waals surface area contributed by atoms with E-state index in [1.165, 1.54) is 5.69 Å². The van der Waals surface area contributed by atoms with Crippen LogP contribution in [0, 0.1) is 11.3 Å². The third kappa shape index (κ3) is 4.83. The molecule has 1 atom stereocenters. The first-order valence-corrected chi connectivity index (χ1v) is 6.83. The van der Waals surface area contributed by atoms with E-state index in [4.69, 9.17) is 0 Å². The molecule has 0 aromatic carbocycles. The van der Waals surface area contributed by atoms with Crippen molar-refractivity contribution in [3.63, 3.8) is 0 Å². The average molecular weight is 252 g/mol.